The van der Waals surface area contributed by atoms with E-state index in [-0.39, 0.29) is 6.42 Å². The molecule has 0 bridgehead atoms. The summed E-state index contributed by atoms with van der Waals surface area (Å²) in [6.45, 7) is 1.69. The molecule has 0 amide bonds. The van der Waals surface area contributed by atoms with Crippen LogP contribution in [0.3, 0.4) is 0 Å². The zero-order valence-electron chi connectivity index (χ0n) is 10.6. The van der Waals surface area contributed by atoms with Crippen molar-refractivity contribution in [2.45, 2.75) is 51.8 Å². The molecular weight excluding hydrogens is 188 g/mol. The Morgan fingerprint density at radius 1 is 1.10 bits per heavy atom. The summed E-state index contributed by atoms with van der Waals surface area (Å²) < 4.78 is 30.4. The van der Waals surface area contributed by atoms with Crippen LogP contribution in [0, 0.1) is 0 Å². The summed E-state index contributed by atoms with van der Waals surface area (Å²) in [5, 5.41) is 0.941. The number of unbranched alkanes of at least 4 members (excludes halogenated alkanes) is 2. The normalized spacial score (nSPS) is 19.0. The molecule has 0 unspecified atom stereocenters. The molecule has 10 heavy (non-hydrogen) atoms. The Kier molecular flexibility index (Phi) is 4.91. The lowest BCUT2D eigenvalue weighted by Gasteiger charge is -1.97. The fraction of sp³-hybridized carbons (Fsp3) is 1.00. The lowest BCUT2D eigenvalue weighted by molar-refractivity contribution is 0.604. The first-order valence-corrected chi connectivity index (χ1v) is 5.05. The predicted octanol–water partition coefficient (Wildman–Crippen LogP) is 4.13. The van der Waals surface area contributed by atoms with Gasteiger partial charge in [-0.1, -0.05) is 61.3 Å². The maximum atomic E-state index is 7.64. The first-order chi connectivity index (χ1) is 6.37. The van der Waals surface area contributed by atoms with Crippen LogP contribution in [0.1, 0.15) is 57.3 Å². The average molecular weight is 211 g/mol. The molecule has 0 radical (unpaired) electrons. The maximum absolute atomic E-state index is 7.64. The lowest BCUT2D eigenvalue weighted by atomic mass is 10.1. The summed E-state index contributed by atoms with van der Waals surface area (Å²) in [7, 11) is 0. The van der Waals surface area contributed by atoms with E-state index in [4.69, 9.17) is 5.48 Å². The van der Waals surface area contributed by atoms with Gasteiger partial charge in [0.05, 0.1) is 0 Å². The molecule has 0 aliphatic rings. The molecule has 0 spiro atoms. The van der Waals surface area contributed by atoms with E-state index in [1.807, 2.05) is 0 Å². The van der Waals surface area contributed by atoms with Crippen LogP contribution in [-0.2, 0) is 0 Å². The fourth-order valence-electron chi connectivity index (χ4n) is 0.698. The van der Waals surface area contributed by atoms with E-state index in [0.29, 0.717) is 6.42 Å². The molecule has 0 atom stereocenters. The molecule has 0 aliphatic heterocycles. The quantitative estimate of drug-likeness (QED) is 0.438. The summed E-state index contributed by atoms with van der Waals surface area (Å²) in [5.41, 5.74) is 0. The van der Waals surface area contributed by atoms with Crippen LogP contribution in [0.4, 0.5) is 0 Å². The Bertz CT molecular complexity index is 159. The van der Waals surface area contributed by atoms with Crippen molar-refractivity contribution in [3.05, 3.63) is 0 Å². The number of rotatable bonds is 7. The molecule has 0 rings (SSSR count). The van der Waals surface area contributed by atoms with E-state index in [2.05, 4.69) is 15.9 Å². The van der Waals surface area contributed by atoms with Crippen molar-refractivity contribution in [1.29, 1.82) is 0 Å². The van der Waals surface area contributed by atoms with Crippen molar-refractivity contribution in [3.63, 3.8) is 0 Å². The van der Waals surface area contributed by atoms with Gasteiger partial charge in [-0.25, -0.2) is 0 Å². The molecular formula is C9H19Br. The van der Waals surface area contributed by atoms with Gasteiger partial charge in [0, 0.05) is 10.8 Å². The summed E-state index contributed by atoms with van der Waals surface area (Å²) in [5.74, 6) is 0. The van der Waals surface area contributed by atoms with Gasteiger partial charge in [-0.05, 0) is 6.42 Å². The van der Waals surface area contributed by atoms with E-state index in [1.165, 1.54) is 0 Å². The van der Waals surface area contributed by atoms with Crippen molar-refractivity contribution in [2.24, 2.45) is 0 Å². The van der Waals surface area contributed by atoms with E-state index in [1.54, 1.807) is 6.92 Å². The zero-order valence-corrected chi connectivity index (χ0v) is 8.21. The Balaban J connectivity index is 3.94. The highest BCUT2D eigenvalue weighted by Gasteiger charge is 1.88. The second-order valence-corrected chi connectivity index (χ2v) is 3.00. The van der Waals surface area contributed by atoms with Gasteiger partial charge >= 0.3 is 0 Å². The second kappa shape index (κ2) is 9.48. The average Bonchev–Trinajstić information content (AvgIpc) is 2.12. The molecule has 1 heteroatoms. The zero-order chi connectivity index (χ0) is 11.2. The molecule has 0 saturated carbocycles. The third-order valence-corrected chi connectivity index (χ3v) is 1.80. The van der Waals surface area contributed by atoms with Crippen molar-refractivity contribution in [2.75, 3.05) is 5.33 Å². The second-order valence-electron chi connectivity index (χ2n) is 2.21. The molecule has 0 N–H and O–H groups in total. The minimum atomic E-state index is -1.69. The minimum absolute atomic E-state index is 0.235. The SMILES string of the molecule is [2H]C([2H])(CC)C([2H])([2H])CCCCCBr. The highest BCUT2D eigenvalue weighted by atomic mass is 79.9. The van der Waals surface area contributed by atoms with Crippen LogP contribution >= 0.6 is 15.9 Å². The van der Waals surface area contributed by atoms with Crippen LogP contribution in [-0.4, -0.2) is 5.33 Å². The van der Waals surface area contributed by atoms with Gasteiger partial charge in [0.15, 0.2) is 0 Å². The minimum Gasteiger partial charge on any atom is -0.0928 e. The third kappa shape index (κ3) is 8.48. The van der Waals surface area contributed by atoms with Crippen LogP contribution in [0.2, 0.25) is 0 Å². The van der Waals surface area contributed by atoms with E-state index in [0.717, 1.165) is 24.6 Å². The van der Waals surface area contributed by atoms with Crippen molar-refractivity contribution < 1.29 is 5.48 Å². The summed E-state index contributed by atoms with van der Waals surface area (Å²) in [6, 6.07) is 0. The Labute approximate surface area is 79.1 Å². The Morgan fingerprint density at radius 3 is 2.40 bits per heavy atom. The Hall–Kier alpha value is 0.480. The number of hydrogen-bond donors (Lipinski definition) is 0. The standard InChI is InChI=1S/C9H19Br/c1-2-3-4-5-6-7-8-9-10/h2-9H2,1H3/i3D2,4D2. The summed E-state index contributed by atoms with van der Waals surface area (Å²) in [6.07, 6.45) is -0.0668. The van der Waals surface area contributed by atoms with E-state index in [9.17, 15) is 0 Å². The number of hydrogen-bond acceptors (Lipinski definition) is 0. The smallest absolute Gasteiger partial charge is 0.0267 e. The topological polar surface area (TPSA) is 0 Å². The van der Waals surface area contributed by atoms with Crippen molar-refractivity contribution in [3.8, 4) is 0 Å². The van der Waals surface area contributed by atoms with Gasteiger partial charge in [0.1, 0.15) is 0 Å². The van der Waals surface area contributed by atoms with E-state index >= 15 is 0 Å². The van der Waals surface area contributed by atoms with Gasteiger partial charge < -0.3 is 0 Å². The van der Waals surface area contributed by atoms with Crippen LogP contribution in [0.5, 0.6) is 0 Å². The first kappa shape index (κ1) is 5.18. The van der Waals surface area contributed by atoms with E-state index < -0.39 is 12.7 Å². The van der Waals surface area contributed by atoms with Gasteiger partial charge in [-0.3, -0.25) is 0 Å². The molecule has 0 aromatic carbocycles. The highest BCUT2D eigenvalue weighted by Crippen LogP contribution is 2.07. The molecule has 0 aromatic heterocycles. The van der Waals surface area contributed by atoms with Crippen LogP contribution < -0.4 is 0 Å². The third-order valence-electron chi connectivity index (χ3n) is 1.24. The summed E-state index contributed by atoms with van der Waals surface area (Å²) in [4.78, 5) is 0. The summed E-state index contributed by atoms with van der Waals surface area (Å²) >= 11 is 3.32. The predicted molar refractivity (Wildman–Crippen MR) is 51.8 cm³/mol. The van der Waals surface area contributed by atoms with Gasteiger partial charge in [0.25, 0.3) is 0 Å². The van der Waals surface area contributed by atoms with Gasteiger partial charge in [-0.15, -0.1) is 0 Å². The monoisotopic (exact) mass is 210 g/mol. The molecule has 62 valence electrons. The van der Waals surface area contributed by atoms with Gasteiger partial charge in [0.2, 0.25) is 0 Å². The molecule has 0 saturated heterocycles. The molecule has 0 aliphatic carbocycles. The Morgan fingerprint density at radius 2 is 1.80 bits per heavy atom. The van der Waals surface area contributed by atoms with Crippen LogP contribution in [0.15, 0.2) is 0 Å². The molecule has 0 aromatic rings. The fourth-order valence-corrected chi connectivity index (χ4v) is 1.09. The molecule has 0 nitrogen and oxygen atoms in total. The maximum Gasteiger partial charge on any atom is 0.0267 e. The molecule has 0 fully saturated rings. The van der Waals surface area contributed by atoms with Crippen molar-refractivity contribution >= 4 is 15.9 Å². The number of halogens is 1. The highest BCUT2D eigenvalue weighted by molar-refractivity contribution is 9.09. The van der Waals surface area contributed by atoms with Crippen LogP contribution in [0.25, 0.3) is 0 Å². The largest absolute Gasteiger partial charge is 0.0928 e. The first-order valence-electron chi connectivity index (χ1n) is 5.93. The molecule has 0 heterocycles. The van der Waals surface area contributed by atoms with Crippen molar-refractivity contribution in [1.82, 2.24) is 0 Å². The number of alkyl halides is 1. The van der Waals surface area contributed by atoms with Gasteiger partial charge in [-0.2, -0.15) is 0 Å². The lowest BCUT2D eigenvalue weighted by Crippen LogP contribution is -1.79.